The van der Waals surface area contributed by atoms with E-state index in [1.165, 1.54) is 6.07 Å². The molecule has 1 atom stereocenters. The zero-order valence-corrected chi connectivity index (χ0v) is 10.2. The highest BCUT2D eigenvalue weighted by Gasteiger charge is 2.23. The molecule has 1 aliphatic heterocycles. The minimum atomic E-state index is -3.72. The molecule has 1 aromatic rings. The number of piperidine rings is 1. The normalized spacial score (nSPS) is 21.5. The average molecular weight is 256 g/mol. The van der Waals surface area contributed by atoms with Gasteiger partial charge in [-0.3, -0.25) is 0 Å². The molecule has 1 saturated heterocycles. The Hall–Kier alpha value is -1.11. The van der Waals surface area contributed by atoms with E-state index in [0.29, 0.717) is 12.2 Å². The maximum atomic E-state index is 11.5. The summed E-state index contributed by atoms with van der Waals surface area (Å²) >= 11 is 0. The third kappa shape index (κ3) is 2.77. The minimum Gasteiger partial charge on any atom is -0.391 e. The molecule has 0 spiro atoms. The first kappa shape index (κ1) is 12.3. The lowest BCUT2D eigenvalue weighted by Crippen LogP contribution is -2.39. The summed E-state index contributed by atoms with van der Waals surface area (Å²) in [6, 6.07) is 6.62. The van der Waals surface area contributed by atoms with Crippen LogP contribution in [0.5, 0.6) is 0 Å². The highest BCUT2D eigenvalue weighted by molar-refractivity contribution is 7.89. The first-order valence-electron chi connectivity index (χ1n) is 5.53. The summed E-state index contributed by atoms with van der Waals surface area (Å²) in [4.78, 5) is 1.99. The number of benzene rings is 1. The van der Waals surface area contributed by atoms with Gasteiger partial charge in [0.15, 0.2) is 0 Å². The van der Waals surface area contributed by atoms with Crippen LogP contribution in [0.1, 0.15) is 12.8 Å². The molecular weight excluding hydrogens is 240 g/mol. The molecule has 0 aromatic heterocycles. The zero-order valence-electron chi connectivity index (χ0n) is 9.41. The Labute approximate surface area is 101 Å². The van der Waals surface area contributed by atoms with Crippen LogP contribution in [0.15, 0.2) is 29.2 Å². The third-order valence-electron chi connectivity index (χ3n) is 2.91. The van der Waals surface area contributed by atoms with Crippen molar-refractivity contribution in [3.05, 3.63) is 24.3 Å². The average Bonchev–Trinajstić information content (AvgIpc) is 2.28. The Morgan fingerprint density at radius 2 is 2.06 bits per heavy atom. The largest absolute Gasteiger partial charge is 0.391 e. The number of primary sulfonamides is 1. The van der Waals surface area contributed by atoms with Crippen molar-refractivity contribution in [1.82, 2.24) is 0 Å². The number of hydrogen-bond donors (Lipinski definition) is 2. The fourth-order valence-electron chi connectivity index (χ4n) is 2.13. The van der Waals surface area contributed by atoms with Crippen molar-refractivity contribution < 1.29 is 13.5 Å². The van der Waals surface area contributed by atoms with Gasteiger partial charge >= 0.3 is 0 Å². The second kappa shape index (κ2) is 4.64. The molecular formula is C11H16N2O3S. The molecule has 0 saturated carbocycles. The molecule has 94 valence electrons. The maximum absolute atomic E-state index is 11.5. The van der Waals surface area contributed by atoms with Crippen molar-refractivity contribution in [1.29, 1.82) is 0 Å². The monoisotopic (exact) mass is 256 g/mol. The van der Waals surface area contributed by atoms with E-state index in [9.17, 15) is 13.5 Å². The number of para-hydroxylation sites is 1. The fourth-order valence-corrected chi connectivity index (χ4v) is 2.89. The zero-order chi connectivity index (χ0) is 12.5. The number of sulfonamides is 1. The van der Waals surface area contributed by atoms with E-state index in [1.807, 2.05) is 4.90 Å². The number of nitrogens with two attached hydrogens (primary N) is 1. The van der Waals surface area contributed by atoms with Crippen molar-refractivity contribution in [3.8, 4) is 0 Å². The first-order chi connectivity index (χ1) is 7.98. The van der Waals surface area contributed by atoms with E-state index < -0.39 is 16.1 Å². The molecule has 2 rings (SSSR count). The molecule has 1 aromatic carbocycles. The summed E-state index contributed by atoms with van der Waals surface area (Å²) in [5.74, 6) is 0. The molecule has 0 aliphatic carbocycles. The molecule has 1 aliphatic rings. The number of aliphatic hydroxyl groups excluding tert-OH is 1. The van der Waals surface area contributed by atoms with Gasteiger partial charge < -0.3 is 10.0 Å². The molecule has 1 heterocycles. The quantitative estimate of drug-likeness (QED) is 0.797. The lowest BCUT2D eigenvalue weighted by molar-refractivity contribution is 0.154. The van der Waals surface area contributed by atoms with Crippen molar-refractivity contribution in [3.63, 3.8) is 0 Å². The van der Waals surface area contributed by atoms with Crippen LogP contribution in [0.2, 0.25) is 0 Å². The van der Waals surface area contributed by atoms with E-state index >= 15 is 0 Å². The number of hydrogen-bond acceptors (Lipinski definition) is 4. The van der Waals surface area contributed by atoms with Gasteiger partial charge in [-0.05, 0) is 25.0 Å². The predicted molar refractivity (Wildman–Crippen MR) is 65.3 cm³/mol. The van der Waals surface area contributed by atoms with Gasteiger partial charge in [0.2, 0.25) is 10.0 Å². The van der Waals surface area contributed by atoms with Crippen molar-refractivity contribution in [2.45, 2.75) is 23.8 Å². The summed E-state index contributed by atoms with van der Waals surface area (Å²) in [7, 11) is -3.72. The summed E-state index contributed by atoms with van der Waals surface area (Å²) in [6.07, 6.45) is 1.20. The second-order valence-corrected chi connectivity index (χ2v) is 5.78. The van der Waals surface area contributed by atoms with Gasteiger partial charge in [-0.1, -0.05) is 12.1 Å². The van der Waals surface area contributed by atoms with Crippen LogP contribution in [-0.4, -0.2) is 32.7 Å². The number of aliphatic hydroxyl groups is 1. The lowest BCUT2D eigenvalue weighted by atomic mass is 10.1. The van der Waals surface area contributed by atoms with Crippen LogP contribution in [0.25, 0.3) is 0 Å². The van der Waals surface area contributed by atoms with Crippen LogP contribution in [0.4, 0.5) is 5.69 Å². The molecule has 3 N–H and O–H groups in total. The van der Waals surface area contributed by atoms with E-state index in [2.05, 4.69) is 0 Å². The number of β-amino-alcohol motifs (C(OH)–C–C–N with tert-alkyl or cyclic N) is 1. The first-order valence-corrected chi connectivity index (χ1v) is 7.08. The molecule has 6 heteroatoms. The van der Waals surface area contributed by atoms with Crippen LogP contribution >= 0.6 is 0 Å². The predicted octanol–water partition coefficient (Wildman–Crippen LogP) is 0.295. The molecule has 0 unspecified atom stereocenters. The van der Waals surface area contributed by atoms with Crippen molar-refractivity contribution >= 4 is 15.7 Å². The molecule has 1 fully saturated rings. The standard InChI is InChI=1S/C11H16N2O3S/c12-17(15,16)11-6-2-1-5-10(11)13-7-3-4-9(14)8-13/h1-2,5-6,9,14H,3-4,7-8H2,(H2,12,15,16)/t9-/m0/s1. The van der Waals surface area contributed by atoms with Gasteiger partial charge in [-0.25, -0.2) is 13.6 Å². The highest BCUT2D eigenvalue weighted by Crippen LogP contribution is 2.26. The Kier molecular flexibility index (Phi) is 3.37. The Balaban J connectivity index is 2.38. The lowest BCUT2D eigenvalue weighted by Gasteiger charge is -2.32. The SMILES string of the molecule is NS(=O)(=O)c1ccccc1N1CCC[C@H](O)C1. The van der Waals surface area contributed by atoms with Crippen LogP contribution in [0, 0.1) is 0 Å². The Bertz CT molecular complexity index is 501. The fraction of sp³-hybridized carbons (Fsp3) is 0.455. The number of anilines is 1. The van der Waals surface area contributed by atoms with E-state index in [0.717, 1.165) is 19.4 Å². The van der Waals surface area contributed by atoms with Crippen molar-refractivity contribution in [2.24, 2.45) is 5.14 Å². The van der Waals surface area contributed by atoms with Crippen molar-refractivity contribution in [2.75, 3.05) is 18.0 Å². The van der Waals surface area contributed by atoms with Gasteiger partial charge in [0.05, 0.1) is 11.8 Å². The molecule has 0 bridgehead atoms. The Morgan fingerprint density at radius 1 is 1.35 bits per heavy atom. The second-order valence-electron chi connectivity index (χ2n) is 4.25. The smallest absolute Gasteiger partial charge is 0.240 e. The van der Waals surface area contributed by atoms with Crippen LogP contribution in [0.3, 0.4) is 0 Å². The summed E-state index contributed by atoms with van der Waals surface area (Å²) in [5.41, 5.74) is 0.578. The highest BCUT2D eigenvalue weighted by atomic mass is 32.2. The maximum Gasteiger partial charge on any atom is 0.240 e. The topological polar surface area (TPSA) is 83.6 Å². The van der Waals surface area contributed by atoms with Gasteiger partial charge in [-0.2, -0.15) is 0 Å². The molecule has 0 radical (unpaired) electrons. The molecule has 0 amide bonds. The number of nitrogens with zero attached hydrogens (tertiary/aromatic N) is 1. The van der Waals surface area contributed by atoms with Crippen LogP contribution in [-0.2, 0) is 10.0 Å². The molecule has 17 heavy (non-hydrogen) atoms. The summed E-state index contributed by atoms with van der Waals surface area (Å²) in [5, 5.41) is 14.8. The van der Waals surface area contributed by atoms with Gasteiger partial charge in [0, 0.05) is 13.1 Å². The third-order valence-corrected chi connectivity index (χ3v) is 3.87. The van der Waals surface area contributed by atoms with Gasteiger partial charge in [-0.15, -0.1) is 0 Å². The van der Waals surface area contributed by atoms with E-state index in [1.54, 1.807) is 18.2 Å². The number of rotatable bonds is 2. The van der Waals surface area contributed by atoms with E-state index in [-0.39, 0.29) is 4.90 Å². The van der Waals surface area contributed by atoms with Crippen LogP contribution < -0.4 is 10.0 Å². The molecule has 5 nitrogen and oxygen atoms in total. The van der Waals surface area contributed by atoms with E-state index in [4.69, 9.17) is 5.14 Å². The minimum absolute atomic E-state index is 0.120. The summed E-state index contributed by atoms with van der Waals surface area (Å²) < 4.78 is 22.9. The van der Waals surface area contributed by atoms with Gasteiger partial charge in [0.1, 0.15) is 4.90 Å². The van der Waals surface area contributed by atoms with Gasteiger partial charge in [0.25, 0.3) is 0 Å². The Morgan fingerprint density at radius 3 is 2.71 bits per heavy atom. The summed E-state index contributed by atoms with van der Waals surface area (Å²) in [6.45, 7) is 1.19.